The molecular weight excluding hydrogens is 276 g/mol. The average Bonchev–Trinajstić information content (AvgIpc) is 2.30. The largest absolute Gasteiger partial charge is 0.460 e. The Morgan fingerprint density at radius 2 is 2.00 bits per heavy atom. The van der Waals surface area contributed by atoms with Crippen LogP contribution in [0.25, 0.3) is 5.53 Å². The summed E-state index contributed by atoms with van der Waals surface area (Å²) in [5, 5.41) is 0. The van der Waals surface area contributed by atoms with Gasteiger partial charge in [-0.3, -0.25) is 4.79 Å². The number of hydrogen-bond acceptors (Lipinski definition) is 3. The minimum absolute atomic E-state index is 0.223. The van der Waals surface area contributed by atoms with E-state index >= 15 is 0 Å². The number of rotatable bonds is 3. The van der Waals surface area contributed by atoms with E-state index in [0.29, 0.717) is 4.47 Å². The summed E-state index contributed by atoms with van der Waals surface area (Å²) in [4.78, 5) is 25.5. The molecule has 1 aromatic rings. The summed E-state index contributed by atoms with van der Waals surface area (Å²) in [5.41, 5.74) is 8.17. The normalized spacial score (nSPS) is 9.12. The van der Waals surface area contributed by atoms with Crippen molar-refractivity contribution in [1.29, 1.82) is 0 Å². The Morgan fingerprint density at radius 1 is 1.38 bits per heavy atom. The van der Waals surface area contributed by atoms with Gasteiger partial charge in [-0.2, -0.15) is 4.79 Å². The van der Waals surface area contributed by atoms with Crippen LogP contribution in [0.15, 0.2) is 28.7 Å². The van der Waals surface area contributed by atoms with Crippen molar-refractivity contribution < 1.29 is 19.1 Å². The second-order valence-corrected chi connectivity index (χ2v) is 3.60. The van der Waals surface area contributed by atoms with Crippen molar-refractivity contribution in [2.24, 2.45) is 0 Å². The first-order chi connectivity index (χ1) is 7.61. The lowest BCUT2D eigenvalue weighted by Gasteiger charge is -1.98. The number of nitrogens with zero attached hydrogens (tertiary/aromatic N) is 2. The maximum atomic E-state index is 11.8. The van der Waals surface area contributed by atoms with E-state index in [-0.39, 0.29) is 5.56 Å². The third-order valence-corrected chi connectivity index (χ3v) is 2.50. The maximum Gasteiger partial charge on any atom is 0.446 e. The lowest BCUT2D eigenvalue weighted by molar-refractivity contribution is -0.137. The fourth-order valence-electron chi connectivity index (χ4n) is 1.05. The predicted molar refractivity (Wildman–Crippen MR) is 59.1 cm³/mol. The predicted octanol–water partition coefficient (Wildman–Crippen LogP) is 1.48. The van der Waals surface area contributed by atoms with E-state index in [9.17, 15) is 9.59 Å². The van der Waals surface area contributed by atoms with Crippen molar-refractivity contribution in [2.45, 2.75) is 0 Å². The van der Waals surface area contributed by atoms with E-state index in [2.05, 4.69) is 25.5 Å². The molecule has 0 radical (unpaired) electrons. The average molecular weight is 283 g/mol. The third-order valence-electron chi connectivity index (χ3n) is 1.81. The number of carbonyl (C=O) groups is 2. The van der Waals surface area contributed by atoms with E-state index < -0.39 is 17.5 Å². The molecular formula is C10H7BrN2O3. The molecule has 16 heavy (non-hydrogen) atoms. The molecule has 0 atom stereocenters. The minimum Gasteiger partial charge on any atom is -0.460 e. The summed E-state index contributed by atoms with van der Waals surface area (Å²) in [6.07, 6.45) is 0. The SMILES string of the molecule is COC(=O)C(=[N+]=[N-])C(=O)c1ccccc1Br. The zero-order chi connectivity index (χ0) is 12.1. The molecule has 0 aliphatic heterocycles. The van der Waals surface area contributed by atoms with Crippen LogP contribution in [-0.2, 0) is 9.53 Å². The van der Waals surface area contributed by atoms with Crippen LogP contribution >= 0.6 is 15.9 Å². The second-order valence-electron chi connectivity index (χ2n) is 2.75. The molecule has 1 rings (SSSR count). The maximum absolute atomic E-state index is 11.8. The summed E-state index contributed by atoms with van der Waals surface area (Å²) in [6.45, 7) is 0. The van der Waals surface area contributed by atoms with Crippen LogP contribution in [0.3, 0.4) is 0 Å². The van der Waals surface area contributed by atoms with Crippen molar-refractivity contribution in [1.82, 2.24) is 0 Å². The lowest BCUT2D eigenvalue weighted by Crippen LogP contribution is -2.26. The fourth-order valence-corrected chi connectivity index (χ4v) is 1.51. The highest BCUT2D eigenvalue weighted by atomic mass is 79.9. The molecule has 5 nitrogen and oxygen atoms in total. The van der Waals surface area contributed by atoms with Crippen molar-refractivity contribution in [3.8, 4) is 0 Å². The Balaban J connectivity index is 3.17. The molecule has 1 aromatic carbocycles. The minimum atomic E-state index is -0.983. The van der Waals surface area contributed by atoms with E-state index in [1.807, 2.05) is 0 Å². The number of Topliss-reactive ketones (excluding diaryl/α,β-unsaturated/α-hetero) is 1. The highest BCUT2D eigenvalue weighted by Gasteiger charge is 2.32. The van der Waals surface area contributed by atoms with Crippen molar-refractivity contribution in [2.75, 3.05) is 7.11 Å². The topological polar surface area (TPSA) is 79.8 Å². The standard InChI is InChI=1S/C10H7BrN2O3/c1-16-10(15)8(13-12)9(14)6-4-2-3-5-7(6)11/h2-5H,1H3. The van der Waals surface area contributed by atoms with Crippen LogP contribution in [0.4, 0.5) is 0 Å². The van der Waals surface area contributed by atoms with Crippen molar-refractivity contribution in [3.63, 3.8) is 0 Å². The molecule has 0 unspecified atom stereocenters. The number of benzene rings is 1. The lowest BCUT2D eigenvalue weighted by atomic mass is 10.1. The quantitative estimate of drug-likeness (QED) is 0.210. The monoisotopic (exact) mass is 282 g/mol. The van der Waals surface area contributed by atoms with Gasteiger partial charge in [0.25, 0.3) is 5.78 Å². The number of carbonyl (C=O) groups excluding carboxylic acids is 2. The summed E-state index contributed by atoms with van der Waals surface area (Å²) in [5.74, 6) is -1.69. The van der Waals surface area contributed by atoms with Crippen molar-refractivity contribution >= 4 is 33.4 Å². The number of esters is 1. The Morgan fingerprint density at radius 3 is 2.50 bits per heavy atom. The number of hydrogen-bond donors (Lipinski definition) is 0. The molecule has 82 valence electrons. The Bertz CT molecular complexity index is 493. The van der Waals surface area contributed by atoms with Gasteiger partial charge in [-0.1, -0.05) is 28.1 Å². The molecule has 0 aromatic heterocycles. The molecule has 0 amide bonds. The van der Waals surface area contributed by atoms with Gasteiger partial charge in [0.2, 0.25) is 0 Å². The molecule has 0 saturated carbocycles. The molecule has 0 fully saturated rings. The highest BCUT2D eigenvalue weighted by Crippen LogP contribution is 2.16. The van der Waals surface area contributed by atoms with Crippen LogP contribution in [0, 0.1) is 0 Å². The Kier molecular flexibility index (Phi) is 4.10. The number of methoxy groups -OCH3 is 1. The Hall–Kier alpha value is -1.78. The number of ketones is 1. The van der Waals surface area contributed by atoms with E-state index in [0.717, 1.165) is 7.11 Å². The van der Waals surface area contributed by atoms with E-state index in [1.165, 1.54) is 6.07 Å². The summed E-state index contributed by atoms with van der Waals surface area (Å²) in [6, 6.07) is 6.49. The van der Waals surface area contributed by atoms with Crippen LogP contribution in [0.5, 0.6) is 0 Å². The van der Waals surface area contributed by atoms with Gasteiger partial charge >= 0.3 is 11.7 Å². The first-order valence-corrected chi connectivity index (χ1v) is 5.00. The number of halogens is 1. The van der Waals surface area contributed by atoms with Gasteiger partial charge < -0.3 is 10.3 Å². The van der Waals surface area contributed by atoms with Crippen LogP contribution in [-0.4, -0.2) is 29.4 Å². The van der Waals surface area contributed by atoms with E-state index in [1.54, 1.807) is 18.2 Å². The Labute approximate surface area is 99.8 Å². The van der Waals surface area contributed by atoms with Gasteiger partial charge in [-0.05, 0) is 12.1 Å². The number of ether oxygens (including phenoxy) is 1. The zero-order valence-electron chi connectivity index (χ0n) is 8.31. The molecule has 0 spiro atoms. The van der Waals surface area contributed by atoms with Gasteiger partial charge in [0, 0.05) is 10.0 Å². The molecule has 0 bridgehead atoms. The highest BCUT2D eigenvalue weighted by molar-refractivity contribution is 9.10. The van der Waals surface area contributed by atoms with Crippen LogP contribution < -0.4 is 0 Å². The molecule has 0 N–H and O–H groups in total. The molecule has 0 saturated heterocycles. The van der Waals surface area contributed by atoms with E-state index in [4.69, 9.17) is 5.53 Å². The first-order valence-electron chi connectivity index (χ1n) is 4.21. The van der Waals surface area contributed by atoms with Gasteiger partial charge in [0.15, 0.2) is 0 Å². The summed E-state index contributed by atoms with van der Waals surface area (Å²) in [7, 11) is 1.10. The smallest absolute Gasteiger partial charge is 0.446 e. The van der Waals surface area contributed by atoms with Crippen LogP contribution in [0.2, 0.25) is 0 Å². The van der Waals surface area contributed by atoms with Gasteiger partial charge in [0.1, 0.15) is 0 Å². The zero-order valence-corrected chi connectivity index (χ0v) is 9.89. The summed E-state index contributed by atoms with van der Waals surface area (Å²) >= 11 is 3.16. The molecule has 0 aliphatic rings. The van der Waals surface area contributed by atoms with Gasteiger partial charge in [0.05, 0.1) is 7.11 Å². The molecule has 0 heterocycles. The van der Waals surface area contributed by atoms with Crippen LogP contribution in [0.1, 0.15) is 10.4 Å². The summed E-state index contributed by atoms with van der Waals surface area (Å²) < 4.78 is 4.82. The molecule has 0 aliphatic carbocycles. The van der Waals surface area contributed by atoms with Gasteiger partial charge in [-0.15, -0.1) is 0 Å². The van der Waals surface area contributed by atoms with Crippen molar-refractivity contribution in [3.05, 3.63) is 39.8 Å². The molecule has 6 heteroatoms. The second kappa shape index (κ2) is 5.34. The first kappa shape index (κ1) is 12.3. The third kappa shape index (κ3) is 2.42. The fraction of sp³-hybridized carbons (Fsp3) is 0.100. The van der Waals surface area contributed by atoms with Gasteiger partial charge in [-0.25, -0.2) is 4.79 Å².